The van der Waals surface area contributed by atoms with E-state index in [1.54, 1.807) is 0 Å². The number of quaternary nitrogens is 1. The Bertz CT molecular complexity index is 876. The molecule has 0 aliphatic heterocycles. The smallest absolute Gasteiger partial charge is 0.306 e. The lowest BCUT2D eigenvalue weighted by Gasteiger charge is -2.28. The van der Waals surface area contributed by atoms with Crippen LogP contribution < -0.4 is 4.89 Å². The molecule has 0 aromatic rings. The van der Waals surface area contributed by atoms with E-state index in [2.05, 4.69) is 26.0 Å². The fraction of sp³-hybridized carbons (Fsp3) is 0.900. The number of likely N-dealkylation sites (N-methyl/N-ethyl adjacent to an activating group) is 1. The maximum Gasteiger partial charge on any atom is 0.306 e. The molecule has 0 saturated carbocycles. The number of allylic oxidation sites excluding steroid dienone is 2. The number of carbonyl (C=O) groups is 2. The highest BCUT2D eigenvalue weighted by molar-refractivity contribution is 7.45. The lowest BCUT2D eigenvalue weighted by molar-refractivity contribution is -0.870. The highest BCUT2D eigenvalue weighted by atomic mass is 31.2. The molecule has 0 rings (SSSR count). The summed E-state index contributed by atoms with van der Waals surface area (Å²) in [5, 5.41) is 0. The van der Waals surface area contributed by atoms with Gasteiger partial charge in [0.05, 0.1) is 27.7 Å². The Hall–Kier alpha value is -1.25. The van der Waals surface area contributed by atoms with Gasteiger partial charge in [0.1, 0.15) is 19.8 Å². The predicted molar refractivity (Wildman–Crippen MR) is 204 cm³/mol. The Morgan fingerprint density at radius 1 is 0.600 bits per heavy atom. The van der Waals surface area contributed by atoms with Crippen LogP contribution in [0.25, 0.3) is 0 Å². The van der Waals surface area contributed by atoms with E-state index in [-0.39, 0.29) is 32.0 Å². The number of unbranched alkanes of at least 4 members (excludes halogenated alkanes) is 21. The van der Waals surface area contributed by atoms with Crippen molar-refractivity contribution in [3.05, 3.63) is 12.2 Å². The normalized spacial score (nSPS) is 13.8. The molecule has 0 saturated heterocycles. The van der Waals surface area contributed by atoms with Gasteiger partial charge in [-0.1, -0.05) is 142 Å². The Kier molecular flexibility index (Phi) is 32.7. The van der Waals surface area contributed by atoms with E-state index in [0.717, 1.165) is 51.4 Å². The molecule has 1 unspecified atom stereocenters. The van der Waals surface area contributed by atoms with Gasteiger partial charge in [-0.3, -0.25) is 14.2 Å². The first-order valence-corrected chi connectivity index (χ1v) is 21.9. The third kappa shape index (κ3) is 36.5. The molecule has 0 aromatic carbocycles. The summed E-state index contributed by atoms with van der Waals surface area (Å²) < 4.78 is 33.7. The molecule has 2 atom stereocenters. The van der Waals surface area contributed by atoms with Crippen molar-refractivity contribution in [2.24, 2.45) is 0 Å². The van der Waals surface area contributed by atoms with Crippen molar-refractivity contribution in [1.29, 1.82) is 0 Å². The van der Waals surface area contributed by atoms with Crippen LogP contribution in [0.2, 0.25) is 0 Å². The zero-order chi connectivity index (χ0) is 37.2. The molecule has 0 aliphatic rings. The van der Waals surface area contributed by atoms with Crippen LogP contribution in [0.5, 0.6) is 0 Å². The summed E-state index contributed by atoms with van der Waals surface area (Å²) in [6.45, 7) is 4.19. The summed E-state index contributed by atoms with van der Waals surface area (Å²) >= 11 is 0. The first kappa shape index (κ1) is 48.8. The lowest BCUT2D eigenvalue weighted by atomic mass is 10.1. The van der Waals surface area contributed by atoms with E-state index in [1.165, 1.54) is 96.3 Å². The number of phosphoric acid groups is 1. The van der Waals surface area contributed by atoms with Gasteiger partial charge in [-0.05, 0) is 38.5 Å². The van der Waals surface area contributed by atoms with Gasteiger partial charge in [0.25, 0.3) is 7.82 Å². The van der Waals surface area contributed by atoms with Crippen molar-refractivity contribution in [2.45, 2.75) is 187 Å². The average molecular weight is 732 g/mol. The zero-order valence-corrected chi connectivity index (χ0v) is 34.0. The summed E-state index contributed by atoms with van der Waals surface area (Å²) in [4.78, 5) is 37.3. The number of esters is 2. The second-order valence-electron chi connectivity index (χ2n) is 15.0. The highest BCUT2D eigenvalue weighted by Crippen LogP contribution is 2.38. The van der Waals surface area contributed by atoms with Gasteiger partial charge < -0.3 is 27.9 Å². The minimum absolute atomic E-state index is 0.0287. The molecule has 0 heterocycles. The summed E-state index contributed by atoms with van der Waals surface area (Å²) in [5.74, 6) is -0.837. The molecule has 0 bridgehead atoms. The van der Waals surface area contributed by atoms with E-state index in [0.29, 0.717) is 17.4 Å². The molecule has 0 amide bonds. The second-order valence-corrected chi connectivity index (χ2v) is 16.4. The molecular weight excluding hydrogens is 653 g/mol. The van der Waals surface area contributed by atoms with Crippen LogP contribution in [0.1, 0.15) is 181 Å². The van der Waals surface area contributed by atoms with Crippen molar-refractivity contribution in [3.8, 4) is 0 Å². The standard InChI is InChI=1S/C40H78NO8P/c1-6-8-10-12-14-16-17-18-19-20-21-22-23-25-26-28-30-32-39(42)46-36-38(37-48-50(44,45)47-35-34-41(3,4)5)49-40(43)33-31-29-27-24-15-13-11-9-7-2/h18-19,38H,6-17,20-37H2,1-5H3/b19-18-/t38-/m1/s1. The third-order valence-electron chi connectivity index (χ3n) is 8.79. The van der Waals surface area contributed by atoms with Gasteiger partial charge in [0.2, 0.25) is 0 Å². The maximum atomic E-state index is 12.6. The molecule has 50 heavy (non-hydrogen) atoms. The number of carbonyl (C=O) groups excluding carboxylic acids is 2. The van der Waals surface area contributed by atoms with Crippen LogP contribution in [0.15, 0.2) is 12.2 Å². The van der Waals surface area contributed by atoms with Gasteiger partial charge in [-0.25, -0.2) is 0 Å². The molecule has 10 heteroatoms. The van der Waals surface area contributed by atoms with Crippen LogP contribution >= 0.6 is 7.82 Å². The summed E-state index contributed by atoms with van der Waals surface area (Å²) in [6, 6.07) is 0. The minimum Gasteiger partial charge on any atom is -0.756 e. The van der Waals surface area contributed by atoms with Crippen LogP contribution in [0.3, 0.4) is 0 Å². The molecule has 0 N–H and O–H groups in total. The molecule has 296 valence electrons. The van der Waals surface area contributed by atoms with Crippen LogP contribution in [-0.2, 0) is 32.7 Å². The van der Waals surface area contributed by atoms with Gasteiger partial charge in [-0.2, -0.15) is 0 Å². The van der Waals surface area contributed by atoms with E-state index in [1.807, 2.05) is 21.1 Å². The number of hydrogen-bond acceptors (Lipinski definition) is 8. The van der Waals surface area contributed by atoms with E-state index < -0.39 is 26.5 Å². The SMILES string of the molecule is CCCCCCCC/C=C\CCCCCCCCCC(=O)OC[C@H](COP(=O)([O-])OCC[N+](C)(C)C)OC(=O)CCCCCCCCCCC. The molecule has 0 spiro atoms. The Balaban J connectivity index is 4.31. The lowest BCUT2D eigenvalue weighted by Crippen LogP contribution is -2.37. The number of nitrogens with zero attached hydrogens (tertiary/aromatic N) is 1. The van der Waals surface area contributed by atoms with Crippen molar-refractivity contribution in [3.63, 3.8) is 0 Å². The Labute approximate surface area is 307 Å². The molecule has 9 nitrogen and oxygen atoms in total. The molecule has 0 aliphatic carbocycles. The van der Waals surface area contributed by atoms with Crippen LogP contribution in [0, 0.1) is 0 Å². The zero-order valence-electron chi connectivity index (χ0n) is 33.1. The number of hydrogen-bond donors (Lipinski definition) is 0. The fourth-order valence-corrected chi connectivity index (χ4v) is 6.26. The van der Waals surface area contributed by atoms with Crippen molar-refractivity contribution >= 4 is 19.8 Å². The van der Waals surface area contributed by atoms with Gasteiger partial charge in [-0.15, -0.1) is 0 Å². The van der Waals surface area contributed by atoms with Gasteiger partial charge >= 0.3 is 11.9 Å². The predicted octanol–water partition coefficient (Wildman–Crippen LogP) is 10.4. The van der Waals surface area contributed by atoms with E-state index >= 15 is 0 Å². The fourth-order valence-electron chi connectivity index (χ4n) is 5.53. The van der Waals surface area contributed by atoms with Crippen molar-refractivity contribution < 1.29 is 42.1 Å². The summed E-state index contributed by atoms with van der Waals surface area (Å²) in [6.07, 6.45) is 32.4. The van der Waals surface area contributed by atoms with Crippen molar-refractivity contribution in [2.75, 3.05) is 47.5 Å². The molecule has 0 fully saturated rings. The highest BCUT2D eigenvalue weighted by Gasteiger charge is 2.21. The quantitative estimate of drug-likeness (QED) is 0.0204. The van der Waals surface area contributed by atoms with Crippen LogP contribution in [-0.4, -0.2) is 70.0 Å². The van der Waals surface area contributed by atoms with Crippen LogP contribution in [0.4, 0.5) is 0 Å². The molecule has 0 radical (unpaired) electrons. The molecular formula is C40H78NO8P. The van der Waals surface area contributed by atoms with E-state index in [4.69, 9.17) is 18.5 Å². The van der Waals surface area contributed by atoms with Gasteiger partial charge in [0, 0.05) is 12.8 Å². The topological polar surface area (TPSA) is 111 Å². The summed E-state index contributed by atoms with van der Waals surface area (Å²) in [5.41, 5.74) is 0. The van der Waals surface area contributed by atoms with E-state index in [9.17, 15) is 19.0 Å². The van der Waals surface area contributed by atoms with Crippen molar-refractivity contribution in [1.82, 2.24) is 0 Å². The monoisotopic (exact) mass is 732 g/mol. The largest absolute Gasteiger partial charge is 0.756 e. The first-order valence-electron chi connectivity index (χ1n) is 20.4. The second kappa shape index (κ2) is 33.6. The minimum atomic E-state index is -4.61. The Morgan fingerprint density at radius 3 is 1.48 bits per heavy atom. The average Bonchev–Trinajstić information content (AvgIpc) is 3.06. The number of rotatable bonds is 37. The Morgan fingerprint density at radius 2 is 1.02 bits per heavy atom. The summed E-state index contributed by atoms with van der Waals surface area (Å²) in [7, 11) is 1.17. The molecule has 0 aromatic heterocycles. The first-order chi connectivity index (χ1) is 24.0. The third-order valence-corrected chi connectivity index (χ3v) is 9.75. The number of phosphoric ester groups is 1. The maximum absolute atomic E-state index is 12.6. The van der Waals surface area contributed by atoms with Gasteiger partial charge in [0.15, 0.2) is 6.10 Å². The number of ether oxygens (including phenoxy) is 2.